The second-order valence-electron chi connectivity index (χ2n) is 6.35. The first-order valence-corrected chi connectivity index (χ1v) is 10.6. The monoisotopic (exact) mass is 416 g/mol. The molecule has 1 saturated heterocycles. The van der Waals surface area contributed by atoms with E-state index in [1.807, 2.05) is 6.92 Å². The highest BCUT2D eigenvalue weighted by molar-refractivity contribution is 9.10. The van der Waals surface area contributed by atoms with E-state index in [0.717, 1.165) is 23.7 Å². The molecule has 0 aromatic heterocycles. The number of piperidine rings is 1. The van der Waals surface area contributed by atoms with Gasteiger partial charge < -0.3 is 5.32 Å². The molecule has 1 aliphatic rings. The van der Waals surface area contributed by atoms with Crippen molar-refractivity contribution in [3.63, 3.8) is 0 Å². The Morgan fingerprint density at radius 3 is 2.67 bits per heavy atom. The van der Waals surface area contributed by atoms with Crippen molar-refractivity contribution in [2.24, 2.45) is 5.92 Å². The maximum atomic E-state index is 12.8. The van der Waals surface area contributed by atoms with E-state index in [1.165, 1.54) is 4.31 Å². The summed E-state index contributed by atoms with van der Waals surface area (Å²) in [6.07, 6.45) is 3.38. The fraction of sp³-hybridized carbons (Fsp3) is 0.588. The van der Waals surface area contributed by atoms with Crippen LogP contribution in [0.1, 0.15) is 39.5 Å². The zero-order chi connectivity index (χ0) is 17.7. The third-order valence-corrected chi connectivity index (χ3v) is 6.72. The van der Waals surface area contributed by atoms with Gasteiger partial charge in [0.25, 0.3) is 0 Å². The minimum atomic E-state index is -3.55. The SMILES string of the molecule is CCCC(C)NC(=O)C1CCCN(S(=O)(=O)c2ccc(Br)cc2)C1. The molecule has 1 amide bonds. The summed E-state index contributed by atoms with van der Waals surface area (Å²) in [7, 11) is -3.55. The molecule has 1 N–H and O–H groups in total. The zero-order valence-corrected chi connectivity index (χ0v) is 16.6. The number of sulfonamides is 1. The lowest BCUT2D eigenvalue weighted by atomic mass is 9.98. The average Bonchev–Trinajstić information content (AvgIpc) is 2.55. The maximum absolute atomic E-state index is 12.8. The predicted octanol–water partition coefficient (Wildman–Crippen LogP) is 3.15. The van der Waals surface area contributed by atoms with Crippen LogP contribution in [0.5, 0.6) is 0 Å². The highest BCUT2D eigenvalue weighted by Crippen LogP contribution is 2.25. The Morgan fingerprint density at radius 2 is 2.04 bits per heavy atom. The van der Waals surface area contributed by atoms with Crippen LogP contribution in [0.3, 0.4) is 0 Å². The number of halogens is 1. The number of nitrogens with zero attached hydrogens (tertiary/aromatic N) is 1. The summed E-state index contributed by atoms with van der Waals surface area (Å²) in [6.45, 7) is 4.78. The second kappa shape index (κ2) is 8.45. The molecule has 1 heterocycles. The van der Waals surface area contributed by atoms with Crippen LogP contribution in [0.25, 0.3) is 0 Å². The van der Waals surface area contributed by atoms with Crippen molar-refractivity contribution in [1.29, 1.82) is 0 Å². The Balaban J connectivity index is 2.07. The second-order valence-corrected chi connectivity index (χ2v) is 9.21. The van der Waals surface area contributed by atoms with Gasteiger partial charge in [0.2, 0.25) is 15.9 Å². The number of rotatable bonds is 6. The number of benzene rings is 1. The lowest BCUT2D eigenvalue weighted by molar-refractivity contribution is -0.126. The van der Waals surface area contributed by atoms with Crippen molar-refractivity contribution in [1.82, 2.24) is 9.62 Å². The van der Waals surface area contributed by atoms with Crippen molar-refractivity contribution in [3.8, 4) is 0 Å². The van der Waals surface area contributed by atoms with Crippen molar-refractivity contribution >= 4 is 31.9 Å². The topological polar surface area (TPSA) is 66.5 Å². The molecule has 1 aliphatic heterocycles. The summed E-state index contributed by atoms with van der Waals surface area (Å²) in [4.78, 5) is 12.7. The van der Waals surface area contributed by atoms with E-state index in [-0.39, 0.29) is 29.3 Å². The van der Waals surface area contributed by atoms with Crippen LogP contribution >= 0.6 is 15.9 Å². The standard InChI is InChI=1S/C17H25BrN2O3S/c1-3-5-13(2)19-17(21)14-6-4-11-20(12-14)24(22,23)16-9-7-15(18)8-10-16/h7-10,13-14H,3-6,11-12H2,1-2H3,(H,19,21). The van der Waals surface area contributed by atoms with Crippen molar-refractivity contribution < 1.29 is 13.2 Å². The molecule has 2 rings (SSSR count). The van der Waals surface area contributed by atoms with Gasteiger partial charge in [-0.1, -0.05) is 29.3 Å². The van der Waals surface area contributed by atoms with Gasteiger partial charge in [0, 0.05) is 23.6 Å². The zero-order valence-electron chi connectivity index (χ0n) is 14.2. The van der Waals surface area contributed by atoms with E-state index in [2.05, 4.69) is 28.2 Å². The molecule has 2 unspecified atom stereocenters. The number of amides is 1. The molecule has 24 heavy (non-hydrogen) atoms. The predicted molar refractivity (Wildman–Crippen MR) is 98.1 cm³/mol. The van der Waals surface area contributed by atoms with Gasteiger partial charge in [-0.25, -0.2) is 8.42 Å². The molecule has 5 nitrogen and oxygen atoms in total. The number of hydrogen-bond donors (Lipinski definition) is 1. The number of hydrogen-bond acceptors (Lipinski definition) is 3. The van der Waals surface area contributed by atoms with Crippen LogP contribution in [-0.4, -0.2) is 37.8 Å². The quantitative estimate of drug-likeness (QED) is 0.774. The average molecular weight is 417 g/mol. The van der Waals surface area contributed by atoms with E-state index >= 15 is 0 Å². The molecule has 0 radical (unpaired) electrons. The van der Waals surface area contributed by atoms with Gasteiger partial charge in [-0.2, -0.15) is 4.31 Å². The molecule has 0 bridgehead atoms. The first kappa shape index (κ1) is 19.4. The lowest BCUT2D eigenvalue weighted by Crippen LogP contribution is -2.47. The third kappa shape index (κ3) is 4.80. The highest BCUT2D eigenvalue weighted by Gasteiger charge is 2.33. The molecule has 0 saturated carbocycles. The number of carbonyl (C=O) groups excluding carboxylic acids is 1. The Labute approximate surface area is 153 Å². The molecule has 1 aromatic carbocycles. The molecule has 0 aliphatic carbocycles. The van der Waals surface area contributed by atoms with Crippen molar-refractivity contribution in [3.05, 3.63) is 28.7 Å². The van der Waals surface area contributed by atoms with E-state index in [0.29, 0.717) is 13.0 Å². The summed E-state index contributed by atoms with van der Waals surface area (Å²) < 4.78 is 27.8. The molecular weight excluding hydrogens is 392 g/mol. The van der Waals surface area contributed by atoms with Gasteiger partial charge >= 0.3 is 0 Å². The van der Waals surface area contributed by atoms with Crippen molar-refractivity contribution in [2.75, 3.05) is 13.1 Å². The smallest absolute Gasteiger partial charge is 0.243 e. The van der Waals surface area contributed by atoms with Crippen molar-refractivity contribution in [2.45, 2.75) is 50.5 Å². The lowest BCUT2D eigenvalue weighted by Gasteiger charge is -2.31. The third-order valence-electron chi connectivity index (χ3n) is 4.32. The van der Waals surface area contributed by atoms with Gasteiger partial charge in [0.15, 0.2) is 0 Å². The summed E-state index contributed by atoms with van der Waals surface area (Å²) in [6, 6.07) is 6.74. The Hall–Kier alpha value is -0.920. The van der Waals surface area contributed by atoms with E-state index in [1.54, 1.807) is 24.3 Å². The first-order valence-electron chi connectivity index (χ1n) is 8.40. The minimum Gasteiger partial charge on any atom is -0.353 e. The van der Waals surface area contributed by atoms with E-state index in [9.17, 15) is 13.2 Å². The molecule has 1 fully saturated rings. The van der Waals surface area contributed by atoms with Gasteiger partial charge in [0.1, 0.15) is 0 Å². The summed E-state index contributed by atoms with van der Waals surface area (Å²) in [5, 5.41) is 3.00. The van der Waals surface area contributed by atoms with Gasteiger partial charge in [-0.15, -0.1) is 0 Å². The van der Waals surface area contributed by atoms with Crippen LogP contribution in [0, 0.1) is 5.92 Å². The Morgan fingerprint density at radius 1 is 1.38 bits per heavy atom. The van der Waals surface area contributed by atoms with Crippen LogP contribution in [0.4, 0.5) is 0 Å². The Bertz CT molecular complexity index is 661. The minimum absolute atomic E-state index is 0.0355. The van der Waals surface area contributed by atoms with Crippen LogP contribution in [0.2, 0.25) is 0 Å². The highest BCUT2D eigenvalue weighted by atomic mass is 79.9. The largest absolute Gasteiger partial charge is 0.353 e. The van der Waals surface area contributed by atoms with Crippen LogP contribution < -0.4 is 5.32 Å². The molecule has 2 atom stereocenters. The van der Waals surface area contributed by atoms with Crippen LogP contribution in [-0.2, 0) is 14.8 Å². The Kier molecular flexibility index (Phi) is 6.83. The summed E-state index contributed by atoms with van der Waals surface area (Å²) >= 11 is 3.31. The van der Waals surface area contributed by atoms with E-state index in [4.69, 9.17) is 0 Å². The fourth-order valence-corrected chi connectivity index (χ4v) is 4.78. The molecular formula is C17H25BrN2O3S. The summed E-state index contributed by atoms with van der Waals surface area (Å²) in [5.41, 5.74) is 0. The molecule has 1 aromatic rings. The normalized spacial score (nSPS) is 20.5. The van der Waals surface area contributed by atoms with Crippen LogP contribution in [0.15, 0.2) is 33.6 Å². The first-order chi connectivity index (χ1) is 11.3. The van der Waals surface area contributed by atoms with Gasteiger partial charge in [-0.05, 0) is 50.5 Å². The molecule has 134 valence electrons. The molecule has 0 spiro atoms. The van der Waals surface area contributed by atoms with Gasteiger partial charge in [0.05, 0.1) is 10.8 Å². The van der Waals surface area contributed by atoms with Gasteiger partial charge in [-0.3, -0.25) is 4.79 Å². The fourth-order valence-electron chi connectivity index (χ4n) is 3.00. The summed E-state index contributed by atoms with van der Waals surface area (Å²) in [5.74, 6) is -0.310. The molecule has 7 heteroatoms. The van der Waals surface area contributed by atoms with E-state index < -0.39 is 10.0 Å². The maximum Gasteiger partial charge on any atom is 0.243 e. The number of carbonyl (C=O) groups is 1. The number of nitrogens with one attached hydrogen (secondary N) is 1.